The lowest BCUT2D eigenvalue weighted by molar-refractivity contribution is -0.138. The second-order valence-corrected chi connectivity index (χ2v) is 5.06. The van der Waals surface area contributed by atoms with Gasteiger partial charge < -0.3 is 10.1 Å². The van der Waals surface area contributed by atoms with Crippen LogP contribution in [0.1, 0.15) is 40.0 Å². The first-order valence-electron chi connectivity index (χ1n) is 6.32. The monoisotopic (exact) mass is 239 g/mol. The lowest BCUT2D eigenvalue weighted by atomic mass is 9.79. The third kappa shape index (κ3) is 2.16. The van der Waals surface area contributed by atoms with E-state index in [2.05, 4.69) is 29.5 Å². The topological polar surface area (TPSA) is 62.7 Å². The molecular formula is C12H21N3O2. The SMILES string of the molecule is CCN=C1NC(=O)C2(CCOC(C)(CC)C2)N1. The summed E-state index contributed by atoms with van der Waals surface area (Å²) in [5.41, 5.74) is -0.735. The average Bonchev–Trinajstić information content (AvgIpc) is 2.56. The number of rotatable bonds is 2. The molecule has 2 aliphatic rings. The quantitative estimate of drug-likeness (QED) is 0.749. The second-order valence-electron chi connectivity index (χ2n) is 5.06. The van der Waals surface area contributed by atoms with Crippen LogP contribution in [0.5, 0.6) is 0 Å². The summed E-state index contributed by atoms with van der Waals surface area (Å²) in [7, 11) is 0. The van der Waals surface area contributed by atoms with Crippen LogP contribution >= 0.6 is 0 Å². The summed E-state index contributed by atoms with van der Waals surface area (Å²) in [4.78, 5) is 16.4. The molecule has 0 radical (unpaired) electrons. The number of hydrogen-bond donors (Lipinski definition) is 2. The summed E-state index contributed by atoms with van der Waals surface area (Å²) < 4.78 is 5.78. The second kappa shape index (κ2) is 4.29. The average molecular weight is 239 g/mol. The molecule has 0 aromatic rings. The number of nitrogens with one attached hydrogen (secondary N) is 2. The molecule has 1 amide bonds. The summed E-state index contributed by atoms with van der Waals surface area (Å²) in [5.74, 6) is 0.644. The van der Waals surface area contributed by atoms with Gasteiger partial charge in [0.05, 0.1) is 12.2 Å². The molecule has 5 nitrogen and oxygen atoms in total. The molecule has 0 bridgehead atoms. The lowest BCUT2D eigenvalue weighted by Gasteiger charge is -2.42. The largest absolute Gasteiger partial charge is 0.375 e. The van der Waals surface area contributed by atoms with E-state index >= 15 is 0 Å². The van der Waals surface area contributed by atoms with Crippen LogP contribution in [0, 0.1) is 0 Å². The molecule has 2 saturated heterocycles. The number of amides is 1. The maximum atomic E-state index is 12.1. The minimum atomic E-state index is -0.517. The highest BCUT2D eigenvalue weighted by molar-refractivity contribution is 6.09. The van der Waals surface area contributed by atoms with Crippen LogP contribution in [0.4, 0.5) is 0 Å². The molecular weight excluding hydrogens is 218 g/mol. The van der Waals surface area contributed by atoms with Crippen molar-refractivity contribution in [3.05, 3.63) is 0 Å². The molecule has 0 saturated carbocycles. The standard InChI is InChI=1S/C12H21N3O2/c1-4-11(3)8-12(6-7-17-11)9(16)14-10(15-12)13-5-2/h4-8H2,1-3H3,(H2,13,14,15,16). The van der Waals surface area contributed by atoms with Crippen molar-refractivity contribution in [2.24, 2.45) is 4.99 Å². The van der Waals surface area contributed by atoms with Gasteiger partial charge in [-0.25, -0.2) is 0 Å². The van der Waals surface area contributed by atoms with Crippen molar-refractivity contribution in [3.8, 4) is 0 Å². The first kappa shape index (κ1) is 12.4. The molecule has 17 heavy (non-hydrogen) atoms. The lowest BCUT2D eigenvalue weighted by Crippen LogP contribution is -2.56. The number of aliphatic imine (C=N–C) groups is 1. The number of carbonyl (C=O) groups excluding carboxylic acids is 1. The number of ether oxygens (including phenoxy) is 1. The molecule has 2 atom stereocenters. The Kier molecular flexibility index (Phi) is 3.12. The van der Waals surface area contributed by atoms with E-state index in [9.17, 15) is 4.79 Å². The van der Waals surface area contributed by atoms with Crippen LogP contribution in [-0.2, 0) is 9.53 Å². The Morgan fingerprint density at radius 3 is 2.88 bits per heavy atom. The van der Waals surface area contributed by atoms with Gasteiger partial charge in [-0.3, -0.25) is 15.1 Å². The third-order valence-electron chi connectivity index (χ3n) is 3.74. The summed E-state index contributed by atoms with van der Waals surface area (Å²) in [6.45, 7) is 7.39. The van der Waals surface area contributed by atoms with Crippen LogP contribution < -0.4 is 10.6 Å². The van der Waals surface area contributed by atoms with Gasteiger partial charge in [0.2, 0.25) is 0 Å². The van der Waals surface area contributed by atoms with Gasteiger partial charge in [0, 0.05) is 19.4 Å². The highest BCUT2D eigenvalue weighted by Gasteiger charge is 2.51. The van der Waals surface area contributed by atoms with Gasteiger partial charge >= 0.3 is 0 Å². The molecule has 0 aromatic heterocycles. The van der Waals surface area contributed by atoms with E-state index in [0.29, 0.717) is 32.0 Å². The van der Waals surface area contributed by atoms with E-state index in [4.69, 9.17) is 4.74 Å². The van der Waals surface area contributed by atoms with Gasteiger partial charge in [-0.2, -0.15) is 0 Å². The predicted molar refractivity (Wildman–Crippen MR) is 65.9 cm³/mol. The number of carbonyl (C=O) groups is 1. The number of nitrogens with zero attached hydrogens (tertiary/aromatic N) is 1. The molecule has 0 aliphatic carbocycles. The molecule has 0 aromatic carbocycles. The third-order valence-corrected chi connectivity index (χ3v) is 3.74. The number of hydrogen-bond acceptors (Lipinski definition) is 3. The van der Waals surface area contributed by atoms with Gasteiger partial charge in [-0.05, 0) is 20.3 Å². The Morgan fingerprint density at radius 2 is 2.24 bits per heavy atom. The Bertz CT molecular complexity index is 356. The van der Waals surface area contributed by atoms with Gasteiger partial charge in [0.15, 0.2) is 5.96 Å². The molecule has 1 spiro atoms. The molecule has 2 rings (SSSR count). The maximum Gasteiger partial charge on any atom is 0.252 e. The minimum absolute atomic E-state index is 0.0349. The van der Waals surface area contributed by atoms with Crippen LogP contribution in [0.2, 0.25) is 0 Å². The van der Waals surface area contributed by atoms with Crippen molar-refractivity contribution in [1.82, 2.24) is 10.6 Å². The van der Waals surface area contributed by atoms with Crippen LogP contribution in [0.3, 0.4) is 0 Å². The molecule has 5 heteroatoms. The van der Waals surface area contributed by atoms with Crippen LogP contribution in [0.15, 0.2) is 4.99 Å². The van der Waals surface area contributed by atoms with E-state index in [0.717, 1.165) is 6.42 Å². The van der Waals surface area contributed by atoms with Crippen LogP contribution in [0.25, 0.3) is 0 Å². The number of guanidine groups is 1. The fraction of sp³-hybridized carbons (Fsp3) is 0.833. The molecule has 2 aliphatic heterocycles. The van der Waals surface area contributed by atoms with Crippen LogP contribution in [-0.4, -0.2) is 36.2 Å². The van der Waals surface area contributed by atoms with Gasteiger partial charge in [-0.15, -0.1) is 0 Å². The zero-order valence-corrected chi connectivity index (χ0v) is 10.8. The van der Waals surface area contributed by atoms with E-state index < -0.39 is 5.54 Å². The predicted octanol–water partition coefficient (Wildman–Crippen LogP) is 0.800. The Hall–Kier alpha value is -1.10. The van der Waals surface area contributed by atoms with E-state index in [-0.39, 0.29) is 11.5 Å². The fourth-order valence-electron chi connectivity index (χ4n) is 2.56. The highest BCUT2D eigenvalue weighted by Crippen LogP contribution is 2.36. The molecule has 2 fully saturated rings. The Morgan fingerprint density at radius 1 is 1.47 bits per heavy atom. The highest BCUT2D eigenvalue weighted by atomic mass is 16.5. The first-order valence-corrected chi connectivity index (χ1v) is 6.32. The Labute approximate surface area is 102 Å². The van der Waals surface area contributed by atoms with E-state index in [1.54, 1.807) is 0 Å². The van der Waals surface area contributed by atoms with Crippen molar-refractivity contribution in [1.29, 1.82) is 0 Å². The molecule has 96 valence electrons. The zero-order chi connectivity index (χ0) is 12.5. The summed E-state index contributed by atoms with van der Waals surface area (Å²) in [6, 6.07) is 0. The maximum absolute atomic E-state index is 12.1. The summed E-state index contributed by atoms with van der Waals surface area (Å²) in [5, 5.41) is 6.08. The van der Waals surface area contributed by atoms with Gasteiger partial charge in [0.25, 0.3) is 5.91 Å². The van der Waals surface area contributed by atoms with Crippen molar-refractivity contribution < 1.29 is 9.53 Å². The Balaban J connectivity index is 2.19. The van der Waals surface area contributed by atoms with Crippen molar-refractivity contribution in [2.75, 3.05) is 13.2 Å². The zero-order valence-electron chi connectivity index (χ0n) is 10.8. The molecule has 2 heterocycles. The summed E-state index contributed by atoms with van der Waals surface area (Å²) >= 11 is 0. The summed E-state index contributed by atoms with van der Waals surface area (Å²) in [6.07, 6.45) is 2.31. The fourth-order valence-corrected chi connectivity index (χ4v) is 2.56. The smallest absolute Gasteiger partial charge is 0.252 e. The van der Waals surface area contributed by atoms with Crippen molar-refractivity contribution in [2.45, 2.75) is 51.2 Å². The first-order chi connectivity index (χ1) is 8.03. The molecule has 2 unspecified atom stereocenters. The van der Waals surface area contributed by atoms with Gasteiger partial charge in [-0.1, -0.05) is 6.92 Å². The minimum Gasteiger partial charge on any atom is -0.375 e. The van der Waals surface area contributed by atoms with Crippen molar-refractivity contribution in [3.63, 3.8) is 0 Å². The van der Waals surface area contributed by atoms with Gasteiger partial charge in [0.1, 0.15) is 5.54 Å². The van der Waals surface area contributed by atoms with E-state index in [1.807, 2.05) is 6.92 Å². The molecule has 2 N–H and O–H groups in total. The van der Waals surface area contributed by atoms with Crippen molar-refractivity contribution >= 4 is 11.9 Å². The van der Waals surface area contributed by atoms with E-state index in [1.165, 1.54) is 0 Å². The normalized spacial score (nSPS) is 39.5.